The molecule has 0 bridgehead atoms. The smallest absolute Gasteiger partial charge is 0.261 e. The number of nitrogens with one attached hydrogen (secondary N) is 1. The topological polar surface area (TPSA) is 41.6 Å². The molecule has 144 valence electrons. The van der Waals surface area contributed by atoms with Gasteiger partial charge in [0.1, 0.15) is 5.75 Å². The molecular formula is C23H30N2O2. The van der Waals surface area contributed by atoms with E-state index in [1.54, 1.807) is 0 Å². The van der Waals surface area contributed by atoms with Gasteiger partial charge in [-0.2, -0.15) is 0 Å². The largest absolute Gasteiger partial charge is 0.481 e. The third-order valence-electron chi connectivity index (χ3n) is 5.03. The van der Waals surface area contributed by atoms with E-state index in [1.165, 1.54) is 37.9 Å². The Morgan fingerprint density at radius 1 is 1.00 bits per heavy atom. The SMILES string of the molecule is CC[C@@H](Oc1ccccc1)C(=O)NCc1ccc(CN2CCCCC2)cc1. The van der Waals surface area contributed by atoms with Crippen molar-refractivity contribution in [2.45, 2.75) is 51.8 Å². The minimum absolute atomic E-state index is 0.0706. The van der Waals surface area contributed by atoms with Gasteiger partial charge in [-0.25, -0.2) is 0 Å². The Morgan fingerprint density at radius 3 is 2.33 bits per heavy atom. The molecule has 3 rings (SSSR count). The maximum Gasteiger partial charge on any atom is 0.261 e. The summed E-state index contributed by atoms with van der Waals surface area (Å²) in [4.78, 5) is 15.0. The van der Waals surface area contributed by atoms with Gasteiger partial charge in [-0.15, -0.1) is 0 Å². The summed E-state index contributed by atoms with van der Waals surface area (Å²) >= 11 is 0. The van der Waals surface area contributed by atoms with Crippen LogP contribution >= 0.6 is 0 Å². The molecule has 1 amide bonds. The first kappa shape index (κ1) is 19.4. The summed E-state index contributed by atoms with van der Waals surface area (Å²) in [5, 5.41) is 3.00. The molecule has 0 aromatic heterocycles. The Morgan fingerprint density at radius 2 is 1.67 bits per heavy atom. The molecule has 27 heavy (non-hydrogen) atoms. The van der Waals surface area contributed by atoms with E-state index < -0.39 is 6.10 Å². The van der Waals surface area contributed by atoms with Crippen LogP contribution in [0.5, 0.6) is 5.75 Å². The molecule has 0 radical (unpaired) electrons. The van der Waals surface area contributed by atoms with E-state index in [1.807, 2.05) is 37.3 Å². The second-order valence-corrected chi connectivity index (χ2v) is 7.20. The Labute approximate surface area is 162 Å². The van der Waals surface area contributed by atoms with E-state index in [2.05, 4.69) is 34.5 Å². The van der Waals surface area contributed by atoms with Gasteiger partial charge in [0.2, 0.25) is 0 Å². The second-order valence-electron chi connectivity index (χ2n) is 7.20. The number of carbonyl (C=O) groups is 1. The number of benzene rings is 2. The molecule has 0 saturated carbocycles. The quantitative estimate of drug-likeness (QED) is 0.763. The highest BCUT2D eigenvalue weighted by Gasteiger charge is 2.18. The number of amides is 1. The fourth-order valence-electron chi connectivity index (χ4n) is 3.43. The van der Waals surface area contributed by atoms with Crippen LogP contribution in [0.15, 0.2) is 54.6 Å². The fraction of sp³-hybridized carbons (Fsp3) is 0.435. The van der Waals surface area contributed by atoms with Gasteiger partial charge in [0.05, 0.1) is 0 Å². The van der Waals surface area contributed by atoms with Crippen LogP contribution in [-0.4, -0.2) is 30.0 Å². The third kappa shape index (κ3) is 6.10. The van der Waals surface area contributed by atoms with Crippen LogP contribution in [0.1, 0.15) is 43.7 Å². The Kier molecular flexibility index (Phi) is 7.28. The molecule has 0 spiro atoms. The van der Waals surface area contributed by atoms with Gasteiger partial charge in [-0.3, -0.25) is 9.69 Å². The molecule has 4 heteroatoms. The number of para-hydroxylation sites is 1. The van der Waals surface area contributed by atoms with Gasteiger partial charge in [0, 0.05) is 13.1 Å². The molecule has 1 atom stereocenters. The van der Waals surface area contributed by atoms with Gasteiger partial charge < -0.3 is 10.1 Å². The minimum atomic E-state index is -0.467. The predicted molar refractivity (Wildman–Crippen MR) is 109 cm³/mol. The minimum Gasteiger partial charge on any atom is -0.481 e. The molecular weight excluding hydrogens is 336 g/mol. The van der Waals surface area contributed by atoms with Crippen molar-refractivity contribution in [3.8, 4) is 5.75 Å². The second kappa shape index (κ2) is 10.1. The molecule has 0 aliphatic carbocycles. The van der Waals surface area contributed by atoms with Crippen molar-refractivity contribution in [2.75, 3.05) is 13.1 Å². The molecule has 1 saturated heterocycles. The summed E-state index contributed by atoms with van der Waals surface area (Å²) < 4.78 is 5.80. The molecule has 4 nitrogen and oxygen atoms in total. The van der Waals surface area contributed by atoms with Crippen LogP contribution in [0.3, 0.4) is 0 Å². The third-order valence-corrected chi connectivity index (χ3v) is 5.03. The normalized spacial score (nSPS) is 15.9. The van der Waals surface area contributed by atoms with Gasteiger partial charge >= 0.3 is 0 Å². The Balaban J connectivity index is 1.47. The van der Waals surface area contributed by atoms with Crippen LogP contribution in [0, 0.1) is 0 Å². The van der Waals surface area contributed by atoms with E-state index in [4.69, 9.17) is 4.74 Å². The van der Waals surface area contributed by atoms with Crippen LogP contribution in [0.25, 0.3) is 0 Å². The van der Waals surface area contributed by atoms with Crippen molar-refractivity contribution in [3.63, 3.8) is 0 Å². The number of hydrogen-bond acceptors (Lipinski definition) is 3. The van der Waals surface area contributed by atoms with E-state index in [-0.39, 0.29) is 5.91 Å². The zero-order chi connectivity index (χ0) is 18.9. The zero-order valence-electron chi connectivity index (χ0n) is 16.2. The maximum atomic E-state index is 12.4. The van der Waals surface area contributed by atoms with Crippen molar-refractivity contribution in [1.29, 1.82) is 0 Å². The van der Waals surface area contributed by atoms with Crippen LogP contribution in [-0.2, 0) is 17.9 Å². The van der Waals surface area contributed by atoms with Crippen LogP contribution in [0.2, 0.25) is 0 Å². The summed E-state index contributed by atoms with van der Waals surface area (Å²) in [6, 6.07) is 18.1. The predicted octanol–water partition coefficient (Wildman–Crippen LogP) is 4.15. The maximum absolute atomic E-state index is 12.4. The first-order chi connectivity index (χ1) is 13.2. The first-order valence-electron chi connectivity index (χ1n) is 10.0. The van der Waals surface area contributed by atoms with Crippen LogP contribution in [0.4, 0.5) is 0 Å². The average Bonchev–Trinajstić information content (AvgIpc) is 2.73. The molecule has 1 fully saturated rings. The molecule has 1 aliphatic rings. The fourth-order valence-corrected chi connectivity index (χ4v) is 3.43. The highest BCUT2D eigenvalue weighted by Crippen LogP contribution is 2.15. The van der Waals surface area contributed by atoms with Crippen molar-refractivity contribution >= 4 is 5.91 Å². The number of ether oxygens (including phenoxy) is 1. The highest BCUT2D eigenvalue weighted by molar-refractivity contribution is 5.81. The standard InChI is InChI=1S/C23H30N2O2/c1-2-22(27-21-9-5-3-6-10-21)23(26)24-17-19-11-13-20(14-12-19)18-25-15-7-4-8-16-25/h3,5-6,9-14,22H,2,4,7-8,15-18H2,1H3,(H,24,26)/t22-/m1/s1. The van der Waals surface area contributed by atoms with Crippen LogP contribution < -0.4 is 10.1 Å². The molecule has 1 N–H and O–H groups in total. The molecule has 2 aromatic rings. The number of hydrogen-bond donors (Lipinski definition) is 1. The molecule has 1 aliphatic heterocycles. The Hall–Kier alpha value is -2.33. The lowest BCUT2D eigenvalue weighted by Crippen LogP contribution is -2.37. The van der Waals surface area contributed by atoms with E-state index in [9.17, 15) is 4.79 Å². The summed E-state index contributed by atoms with van der Waals surface area (Å²) in [5.74, 6) is 0.653. The van der Waals surface area contributed by atoms with Crippen molar-refractivity contribution in [1.82, 2.24) is 10.2 Å². The summed E-state index contributed by atoms with van der Waals surface area (Å²) in [7, 11) is 0. The lowest BCUT2D eigenvalue weighted by molar-refractivity contribution is -0.128. The lowest BCUT2D eigenvalue weighted by Gasteiger charge is -2.26. The van der Waals surface area contributed by atoms with Crippen molar-refractivity contribution in [2.24, 2.45) is 0 Å². The molecule has 0 unspecified atom stereocenters. The number of nitrogens with zero attached hydrogens (tertiary/aromatic N) is 1. The van der Waals surface area contributed by atoms with E-state index in [0.29, 0.717) is 13.0 Å². The first-order valence-corrected chi connectivity index (χ1v) is 10.0. The van der Waals surface area contributed by atoms with E-state index in [0.717, 1.165) is 17.9 Å². The molecule has 1 heterocycles. The van der Waals surface area contributed by atoms with Gasteiger partial charge in [-0.05, 0) is 55.6 Å². The van der Waals surface area contributed by atoms with Crippen molar-refractivity contribution in [3.05, 3.63) is 65.7 Å². The van der Waals surface area contributed by atoms with Gasteiger partial charge in [0.25, 0.3) is 5.91 Å². The summed E-state index contributed by atoms with van der Waals surface area (Å²) in [5.41, 5.74) is 2.45. The van der Waals surface area contributed by atoms with E-state index >= 15 is 0 Å². The number of carbonyl (C=O) groups excluding carboxylic acids is 1. The van der Waals surface area contributed by atoms with Crippen molar-refractivity contribution < 1.29 is 9.53 Å². The lowest BCUT2D eigenvalue weighted by atomic mass is 10.1. The highest BCUT2D eigenvalue weighted by atomic mass is 16.5. The number of piperidine rings is 1. The Bertz CT molecular complexity index is 694. The van der Waals surface area contributed by atoms with Gasteiger partial charge in [-0.1, -0.05) is 55.8 Å². The molecule has 2 aromatic carbocycles. The summed E-state index contributed by atoms with van der Waals surface area (Å²) in [6.07, 6.45) is 4.16. The zero-order valence-corrected chi connectivity index (χ0v) is 16.2. The number of likely N-dealkylation sites (tertiary alicyclic amines) is 1. The van der Waals surface area contributed by atoms with Gasteiger partial charge in [0.15, 0.2) is 6.10 Å². The number of rotatable bonds is 8. The average molecular weight is 367 g/mol. The monoisotopic (exact) mass is 366 g/mol. The summed E-state index contributed by atoms with van der Waals surface area (Å²) in [6.45, 7) is 5.92.